The van der Waals surface area contributed by atoms with Crippen LogP contribution in [0.1, 0.15) is 31.0 Å². The maximum atomic E-state index is 11.8. The van der Waals surface area contributed by atoms with Crippen molar-refractivity contribution in [2.45, 2.75) is 32.2 Å². The van der Waals surface area contributed by atoms with Gasteiger partial charge < -0.3 is 9.80 Å². The first-order valence-corrected chi connectivity index (χ1v) is 8.10. The molecule has 4 rings (SSSR count). The second-order valence-electron chi connectivity index (χ2n) is 6.25. The average Bonchev–Trinajstić information content (AvgIpc) is 3.26. The number of carbonyl (C=O) groups excluding carboxylic acids is 1. The summed E-state index contributed by atoms with van der Waals surface area (Å²) in [6.45, 7) is 4.56. The van der Waals surface area contributed by atoms with Gasteiger partial charge in [0.05, 0.1) is 23.6 Å². The molecule has 2 aliphatic heterocycles. The van der Waals surface area contributed by atoms with E-state index in [1.165, 1.54) is 0 Å². The van der Waals surface area contributed by atoms with Gasteiger partial charge >= 0.3 is 0 Å². The van der Waals surface area contributed by atoms with Crippen molar-refractivity contribution in [3.8, 4) is 0 Å². The van der Waals surface area contributed by atoms with E-state index in [2.05, 4.69) is 20.2 Å². The lowest BCUT2D eigenvalue weighted by atomic mass is 10.3. The van der Waals surface area contributed by atoms with Crippen LogP contribution in [0.5, 0.6) is 0 Å². The largest absolute Gasteiger partial charge is 0.353 e. The fraction of sp³-hybridized carbons (Fsp3) is 0.500. The molecule has 0 bridgehead atoms. The first kappa shape index (κ1) is 14.2. The number of carbonyl (C=O) groups is 1. The fourth-order valence-corrected chi connectivity index (χ4v) is 3.31. The highest BCUT2D eigenvalue weighted by molar-refractivity contribution is 5.95. The molecule has 2 fully saturated rings. The summed E-state index contributed by atoms with van der Waals surface area (Å²) in [6, 6.07) is 4.31. The molecule has 0 aromatic carbocycles. The Morgan fingerprint density at radius 2 is 2.13 bits per heavy atom. The van der Waals surface area contributed by atoms with Gasteiger partial charge in [0.25, 0.3) is 0 Å². The molecule has 2 saturated heterocycles. The van der Waals surface area contributed by atoms with Crippen molar-refractivity contribution < 1.29 is 4.79 Å². The summed E-state index contributed by atoms with van der Waals surface area (Å²) in [4.78, 5) is 15.9. The van der Waals surface area contributed by atoms with Gasteiger partial charge in [-0.2, -0.15) is 10.2 Å². The van der Waals surface area contributed by atoms with E-state index in [1.807, 2.05) is 34.8 Å². The minimum atomic E-state index is 0.201. The van der Waals surface area contributed by atoms with Gasteiger partial charge in [0.15, 0.2) is 5.82 Å². The normalized spacial score (nSPS) is 21.4. The van der Waals surface area contributed by atoms with Crippen LogP contribution < -0.4 is 9.80 Å². The van der Waals surface area contributed by atoms with Gasteiger partial charge in [-0.3, -0.25) is 9.48 Å². The van der Waals surface area contributed by atoms with Gasteiger partial charge in [0, 0.05) is 32.3 Å². The predicted octanol–water partition coefficient (Wildman–Crippen LogP) is 1.56. The SMILES string of the molecule is Cc1ccc(N2CCC(n3cc(N4CCCC4=O)cn3)C2)nn1. The molecule has 4 heterocycles. The van der Waals surface area contributed by atoms with Crippen LogP contribution in [0.2, 0.25) is 0 Å². The number of hydrogen-bond acceptors (Lipinski definition) is 5. The van der Waals surface area contributed by atoms with Gasteiger partial charge in [0.1, 0.15) is 0 Å². The lowest BCUT2D eigenvalue weighted by Crippen LogP contribution is -2.23. The Balaban J connectivity index is 1.46. The summed E-state index contributed by atoms with van der Waals surface area (Å²) in [5, 5.41) is 12.9. The molecule has 0 aliphatic carbocycles. The Hall–Kier alpha value is -2.44. The lowest BCUT2D eigenvalue weighted by Gasteiger charge is -2.17. The Labute approximate surface area is 134 Å². The summed E-state index contributed by atoms with van der Waals surface area (Å²) < 4.78 is 1.99. The molecule has 2 aliphatic rings. The topological polar surface area (TPSA) is 67.2 Å². The van der Waals surface area contributed by atoms with Gasteiger partial charge in [-0.15, -0.1) is 5.10 Å². The Bertz CT molecular complexity index is 710. The summed E-state index contributed by atoms with van der Waals surface area (Å²) >= 11 is 0. The monoisotopic (exact) mass is 312 g/mol. The maximum Gasteiger partial charge on any atom is 0.227 e. The average molecular weight is 312 g/mol. The highest BCUT2D eigenvalue weighted by atomic mass is 16.2. The number of amides is 1. The van der Waals surface area contributed by atoms with E-state index in [-0.39, 0.29) is 5.91 Å². The molecular weight excluding hydrogens is 292 g/mol. The van der Waals surface area contributed by atoms with Crippen molar-refractivity contribution in [1.29, 1.82) is 0 Å². The Kier molecular flexibility index (Phi) is 3.48. The van der Waals surface area contributed by atoms with Crippen LogP contribution >= 0.6 is 0 Å². The molecule has 0 spiro atoms. The van der Waals surface area contributed by atoms with Gasteiger partial charge in [-0.1, -0.05) is 0 Å². The number of hydrogen-bond donors (Lipinski definition) is 0. The van der Waals surface area contributed by atoms with Crippen LogP contribution in [-0.4, -0.2) is 45.5 Å². The lowest BCUT2D eigenvalue weighted by molar-refractivity contribution is -0.117. The minimum absolute atomic E-state index is 0.201. The maximum absolute atomic E-state index is 11.8. The summed E-state index contributed by atoms with van der Waals surface area (Å²) in [5.41, 5.74) is 1.84. The Morgan fingerprint density at radius 3 is 2.87 bits per heavy atom. The zero-order chi connectivity index (χ0) is 15.8. The zero-order valence-electron chi connectivity index (χ0n) is 13.2. The quantitative estimate of drug-likeness (QED) is 0.860. The Morgan fingerprint density at radius 1 is 1.22 bits per heavy atom. The zero-order valence-corrected chi connectivity index (χ0v) is 13.2. The van der Waals surface area contributed by atoms with Crippen LogP contribution in [0.25, 0.3) is 0 Å². The van der Waals surface area contributed by atoms with Gasteiger partial charge in [-0.05, 0) is 31.9 Å². The smallest absolute Gasteiger partial charge is 0.227 e. The third kappa shape index (κ3) is 2.67. The molecule has 120 valence electrons. The predicted molar refractivity (Wildman–Crippen MR) is 86.5 cm³/mol. The standard InChI is InChI=1S/C16H20N6O/c1-12-4-5-15(19-18-12)20-8-6-13(10-20)22-11-14(9-17-22)21-7-2-3-16(21)23/h4-5,9,11,13H,2-3,6-8,10H2,1H3. The summed E-state index contributed by atoms with van der Waals surface area (Å²) in [6.07, 6.45) is 6.40. The third-order valence-corrected chi connectivity index (χ3v) is 4.62. The van der Waals surface area contributed by atoms with Crippen LogP contribution in [0.15, 0.2) is 24.5 Å². The van der Waals surface area contributed by atoms with Crippen molar-refractivity contribution in [2.24, 2.45) is 0 Å². The second-order valence-corrected chi connectivity index (χ2v) is 6.25. The molecule has 1 amide bonds. The number of aromatic nitrogens is 4. The molecule has 7 heteroatoms. The molecule has 1 atom stereocenters. The van der Waals surface area contributed by atoms with Gasteiger partial charge in [0.2, 0.25) is 5.91 Å². The van der Waals surface area contributed by atoms with Crippen molar-refractivity contribution >= 4 is 17.4 Å². The first-order chi connectivity index (χ1) is 11.2. The van der Waals surface area contributed by atoms with Crippen LogP contribution in [0.4, 0.5) is 11.5 Å². The number of anilines is 2. The molecule has 0 N–H and O–H groups in total. The van der Waals surface area contributed by atoms with Gasteiger partial charge in [-0.25, -0.2) is 0 Å². The van der Waals surface area contributed by atoms with E-state index in [9.17, 15) is 4.79 Å². The number of rotatable bonds is 3. The number of aryl methyl sites for hydroxylation is 1. The molecule has 7 nitrogen and oxygen atoms in total. The van der Waals surface area contributed by atoms with E-state index >= 15 is 0 Å². The van der Waals surface area contributed by atoms with E-state index in [0.717, 1.165) is 49.7 Å². The van der Waals surface area contributed by atoms with Crippen LogP contribution in [0.3, 0.4) is 0 Å². The van der Waals surface area contributed by atoms with Crippen LogP contribution in [-0.2, 0) is 4.79 Å². The highest BCUT2D eigenvalue weighted by Crippen LogP contribution is 2.27. The van der Waals surface area contributed by atoms with Crippen molar-refractivity contribution in [1.82, 2.24) is 20.0 Å². The molecule has 0 saturated carbocycles. The molecule has 0 radical (unpaired) electrons. The van der Waals surface area contributed by atoms with Crippen molar-refractivity contribution in [2.75, 3.05) is 29.4 Å². The highest BCUT2D eigenvalue weighted by Gasteiger charge is 2.28. The van der Waals surface area contributed by atoms with Crippen molar-refractivity contribution in [3.05, 3.63) is 30.2 Å². The van der Waals surface area contributed by atoms with Crippen molar-refractivity contribution in [3.63, 3.8) is 0 Å². The fourth-order valence-electron chi connectivity index (χ4n) is 3.31. The third-order valence-electron chi connectivity index (χ3n) is 4.62. The molecular formula is C16H20N6O. The molecule has 2 aromatic heterocycles. The molecule has 1 unspecified atom stereocenters. The van der Waals surface area contributed by atoms with E-state index in [4.69, 9.17) is 0 Å². The molecule has 2 aromatic rings. The minimum Gasteiger partial charge on any atom is -0.353 e. The van der Waals surface area contributed by atoms with E-state index in [1.54, 1.807) is 6.20 Å². The first-order valence-electron chi connectivity index (χ1n) is 8.10. The second kappa shape index (κ2) is 5.64. The summed E-state index contributed by atoms with van der Waals surface area (Å²) in [7, 11) is 0. The summed E-state index contributed by atoms with van der Waals surface area (Å²) in [5.74, 6) is 1.12. The molecule has 23 heavy (non-hydrogen) atoms. The van der Waals surface area contributed by atoms with E-state index in [0.29, 0.717) is 12.5 Å². The van der Waals surface area contributed by atoms with E-state index < -0.39 is 0 Å². The number of nitrogens with zero attached hydrogens (tertiary/aromatic N) is 6. The van der Waals surface area contributed by atoms with Crippen LogP contribution in [0, 0.1) is 6.92 Å².